The Labute approximate surface area is 187 Å². The van der Waals surface area contributed by atoms with Gasteiger partial charge in [-0.05, 0) is 103 Å². The van der Waals surface area contributed by atoms with Gasteiger partial charge in [-0.15, -0.1) is 0 Å². The number of halogens is 3. The molecule has 25 heavy (non-hydrogen) atoms. The Bertz CT molecular complexity index is 928. The second-order valence-corrected chi connectivity index (χ2v) is 8.97. The average Bonchev–Trinajstić information content (AvgIpc) is 2.61. The molecular weight excluding hydrogens is 655 g/mol. The van der Waals surface area contributed by atoms with E-state index in [0.717, 1.165) is 16.4 Å². The summed E-state index contributed by atoms with van der Waals surface area (Å²) in [4.78, 5) is 12.3. The topological polar surface area (TPSA) is 42.9 Å². The summed E-state index contributed by atoms with van der Waals surface area (Å²) < 4.78 is 8.50. The van der Waals surface area contributed by atoms with Gasteiger partial charge in [-0.25, -0.2) is 4.79 Å². The van der Waals surface area contributed by atoms with Crippen LogP contribution in [-0.4, -0.2) is 19.1 Å². The molecule has 128 valence electrons. The molecule has 0 spiro atoms. The van der Waals surface area contributed by atoms with Crippen molar-refractivity contribution in [3.63, 3.8) is 0 Å². The molecule has 0 aliphatic heterocycles. The van der Waals surface area contributed by atoms with E-state index in [-0.39, 0.29) is 5.97 Å². The van der Waals surface area contributed by atoms with Crippen molar-refractivity contribution >= 4 is 90.2 Å². The van der Waals surface area contributed by atoms with Crippen LogP contribution in [0.3, 0.4) is 0 Å². The van der Waals surface area contributed by atoms with Gasteiger partial charge in [0.2, 0.25) is 0 Å². The number of ether oxygens (including phenoxy) is 1. The van der Waals surface area contributed by atoms with E-state index in [2.05, 4.69) is 103 Å². The molecule has 6 heteroatoms. The van der Waals surface area contributed by atoms with Crippen molar-refractivity contribution in [3.05, 3.63) is 70.9 Å². The number of fused-ring (bicyclic) bond motifs is 1. The van der Waals surface area contributed by atoms with Crippen LogP contribution in [0.25, 0.3) is 10.8 Å². The van der Waals surface area contributed by atoms with Gasteiger partial charge in [-0.1, -0.05) is 24.3 Å². The third-order valence-corrected chi connectivity index (χ3v) is 7.39. The normalized spacial score (nSPS) is 10.8. The fourth-order valence-electron chi connectivity index (χ4n) is 2.49. The molecule has 3 rings (SSSR count). The zero-order valence-electron chi connectivity index (χ0n) is 13.1. The summed E-state index contributed by atoms with van der Waals surface area (Å²) in [5, 5.41) is 4.55. The third-order valence-electron chi connectivity index (χ3n) is 3.72. The molecule has 0 atom stereocenters. The molecule has 0 unspecified atom stereocenters. The van der Waals surface area contributed by atoms with Gasteiger partial charge in [0.15, 0.2) is 0 Å². The van der Waals surface area contributed by atoms with E-state index in [4.69, 9.17) is 4.74 Å². The van der Waals surface area contributed by atoms with E-state index in [1.165, 1.54) is 10.8 Å². The van der Waals surface area contributed by atoms with Crippen LogP contribution in [0.5, 0.6) is 0 Å². The number of esters is 1. The number of rotatable bonds is 5. The number of carbonyl (C=O) groups excluding carboxylic acids is 1. The number of benzene rings is 3. The molecule has 3 aromatic rings. The number of carbonyl (C=O) groups is 1. The van der Waals surface area contributed by atoms with Crippen LogP contribution in [0, 0.1) is 10.7 Å². The highest BCUT2D eigenvalue weighted by molar-refractivity contribution is 14.1. The lowest BCUT2D eigenvalue weighted by molar-refractivity contribution is -0.572. The first kappa shape index (κ1) is 19.3. The van der Waals surface area contributed by atoms with Crippen molar-refractivity contribution in [3.8, 4) is 0 Å². The van der Waals surface area contributed by atoms with E-state index < -0.39 is 0 Å². The van der Waals surface area contributed by atoms with Crippen molar-refractivity contribution in [1.82, 2.24) is 0 Å². The molecule has 0 saturated carbocycles. The molecule has 3 nitrogen and oxygen atoms in total. The summed E-state index contributed by atoms with van der Waals surface area (Å²) in [5.74, 6) is -0.257. The molecule has 0 fully saturated rings. The SMILES string of the molecule is O=C(OCC[NH2+]c1ccc2ccccc2c1)c1cc(I)cc(I)c1I. The lowest BCUT2D eigenvalue weighted by Gasteiger charge is -2.08. The van der Waals surface area contributed by atoms with Gasteiger partial charge in [-0.2, -0.15) is 0 Å². The molecule has 0 bridgehead atoms. The van der Waals surface area contributed by atoms with Crippen molar-refractivity contribution in [2.75, 3.05) is 13.2 Å². The number of nitrogens with two attached hydrogens (primary N) is 1. The molecular formula is C19H15I3NO2+. The zero-order valence-corrected chi connectivity index (χ0v) is 19.6. The van der Waals surface area contributed by atoms with Crippen LogP contribution in [0.2, 0.25) is 0 Å². The fourth-order valence-corrected chi connectivity index (χ4v) is 4.87. The van der Waals surface area contributed by atoms with Gasteiger partial charge < -0.3 is 10.1 Å². The molecule has 0 heterocycles. The summed E-state index contributed by atoms with van der Waals surface area (Å²) in [5.41, 5.74) is 1.79. The summed E-state index contributed by atoms with van der Waals surface area (Å²) in [6, 6.07) is 18.6. The standard InChI is InChI=1S/C19H14I3NO2/c20-14-10-16(18(22)17(21)11-14)19(24)25-8-7-23-15-6-5-12-3-1-2-4-13(12)9-15/h1-6,9-11,23H,7-8H2/p+1. The van der Waals surface area contributed by atoms with Crippen LogP contribution in [0.4, 0.5) is 5.69 Å². The highest BCUT2D eigenvalue weighted by atomic mass is 127. The number of hydrogen-bond donors (Lipinski definition) is 1. The van der Waals surface area contributed by atoms with Crippen molar-refractivity contribution in [2.24, 2.45) is 0 Å². The fraction of sp³-hybridized carbons (Fsp3) is 0.105. The smallest absolute Gasteiger partial charge is 0.339 e. The third kappa shape index (κ3) is 5.04. The van der Waals surface area contributed by atoms with Crippen LogP contribution < -0.4 is 5.32 Å². The van der Waals surface area contributed by atoms with Gasteiger partial charge in [0.25, 0.3) is 0 Å². The quantitative estimate of drug-likeness (QED) is 0.141. The Kier molecular flexibility index (Phi) is 6.92. The Hall–Kier alpha value is -0.460. The van der Waals surface area contributed by atoms with Gasteiger partial charge >= 0.3 is 5.97 Å². The van der Waals surface area contributed by atoms with Crippen LogP contribution in [0.1, 0.15) is 10.4 Å². The van der Waals surface area contributed by atoms with E-state index in [1.807, 2.05) is 24.3 Å². The summed E-state index contributed by atoms with van der Waals surface area (Å²) in [7, 11) is 0. The predicted molar refractivity (Wildman–Crippen MR) is 125 cm³/mol. The van der Waals surface area contributed by atoms with E-state index in [9.17, 15) is 4.79 Å². The minimum Gasteiger partial charge on any atom is -0.456 e. The maximum Gasteiger partial charge on any atom is 0.339 e. The Morgan fingerprint density at radius 1 is 0.960 bits per heavy atom. The van der Waals surface area contributed by atoms with Gasteiger partial charge in [0.05, 0.1) is 5.56 Å². The predicted octanol–water partition coefficient (Wildman–Crippen LogP) is 4.71. The monoisotopic (exact) mass is 670 g/mol. The molecule has 3 aromatic carbocycles. The highest BCUT2D eigenvalue weighted by Gasteiger charge is 2.15. The summed E-state index contributed by atoms with van der Waals surface area (Å²) >= 11 is 6.66. The van der Waals surface area contributed by atoms with Crippen LogP contribution in [0.15, 0.2) is 54.6 Å². The van der Waals surface area contributed by atoms with E-state index in [0.29, 0.717) is 18.7 Å². The van der Waals surface area contributed by atoms with Gasteiger partial charge in [0.1, 0.15) is 18.8 Å². The second-order valence-electron chi connectivity index (χ2n) is 5.48. The van der Waals surface area contributed by atoms with E-state index >= 15 is 0 Å². The van der Waals surface area contributed by atoms with Crippen LogP contribution >= 0.6 is 67.8 Å². The highest BCUT2D eigenvalue weighted by Crippen LogP contribution is 2.23. The van der Waals surface area contributed by atoms with Gasteiger partial charge in [0, 0.05) is 16.8 Å². The van der Waals surface area contributed by atoms with Crippen molar-refractivity contribution < 1.29 is 14.8 Å². The second kappa shape index (κ2) is 8.96. The van der Waals surface area contributed by atoms with Gasteiger partial charge in [-0.3, -0.25) is 0 Å². The lowest BCUT2D eigenvalue weighted by Crippen LogP contribution is -2.79. The molecule has 0 aliphatic carbocycles. The number of hydrogen-bond acceptors (Lipinski definition) is 2. The minimum atomic E-state index is -0.257. The minimum absolute atomic E-state index is 0.257. The van der Waals surface area contributed by atoms with E-state index in [1.54, 1.807) is 0 Å². The first-order valence-corrected chi connectivity index (χ1v) is 10.9. The Morgan fingerprint density at radius 2 is 1.72 bits per heavy atom. The molecule has 0 saturated heterocycles. The Balaban J connectivity index is 1.56. The largest absolute Gasteiger partial charge is 0.456 e. The molecule has 0 amide bonds. The summed E-state index contributed by atoms with van der Waals surface area (Å²) in [6.45, 7) is 1.07. The molecule has 2 N–H and O–H groups in total. The first-order chi connectivity index (χ1) is 12.0. The zero-order chi connectivity index (χ0) is 17.8. The Morgan fingerprint density at radius 3 is 2.52 bits per heavy atom. The maximum atomic E-state index is 12.3. The molecule has 0 radical (unpaired) electrons. The molecule has 0 aromatic heterocycles. The first-order valence-electron chi connectivity index (χ1n) is 7.68. The molecule has 0 aliphatic rings. The average molecular weight is 670 g/mol. The number of quaternary nitrogens is 1. The maximum absolute atomic E-state index is 12.3. The summed E-state index contributed by atoms with van der Waals surface area (Å²) in [6.07, 6.45) is 0. The lowest BCUT2D eigenvalue weighted by atomic mass is 10.1. The van der Waals surface area contributed by atoms with Crippen molar-refractivity contribution in [1.29, 1.82) is 0 Å². The van der Waals surface area contributed by atoms with Crippen LogP contribution in [-0.2, 0) is 4.74 Å². The van der Waals surface area contributed by atoms with Crippen molar-refractivity contribution in [2.45, 2.75) is 0 Å².